The van der Waals surface area contributed by atoms with Gasteiger partial charge in [0, 0.05) is 34.4 Å². The molecule has 0 unspecified atom stereocenters. The van der Waals surface area contributed by atoms with Gasteiger partial charge in [-0.1, -0.05) is 30.3 Å². The molecule has 0 aliphatic rings. The summed E-state index contributed by atoms with van der Waals surface area (Å²) >= 11 is 0. The molecular weight excluding hydrogens is 346 g/mol. The van der Waals surface area contributed by atoms with E-state index in [0.717, 1.165) is 33.3 Å². The van der Waals surface area contributed by atoms with Crippen LogP contribution >= 0.6 is 0 Å². The van der Waals surface area contributed by atoms with Crippen molar-refractivity contribution in [3.05, 3.63) is 83.1 Å². The molecule has 0 atom stereocenters. The summed E-state index contributed by atoms with van der Waals surface area (Å²) in [6, 6.07) is 15.8. The third-order valence-corrected chi connectivity index (χ3v) is 4.72. The van der Waals surface area contributed by atoms with Gasteiger partial charge in [0.15, 0.2) is 0 Å². The van der Waals surface area contributed by atoms with Gasteiger partial charge < -0.3 is 9.88 Å². The summed E-state index contributed by atoms with van der Waals surface area (Å²) in [5.74, 6) is -0.410. The largest absolute Gasteiger partial charge is 0.340 e. The molecule has 1 aromatic heterocycles. The topological polar surface area (TPSA) is 57.8 Å². The van der Waals surface area contributed by atoms with Crippen molar-refractivity contribution < 1.29 is 4.79 Å². The summed E-state index contributed by atoms with van der Waals surface area (Å²) in [4.78, 5) is 12.7. The van der Waals surface area contributed by atoms with E-state index in [9.17, 15) is 10.1 Å². The molecule has 0 fully saturated rings. The summed E-state index contributed by atoms with van der Waals surface area (Å²) in [5.41, 5.74) is 5.80. The number of aromatic nitrogens is 1. The lowest BCUT2D eigenvalue weighted by atomic mass is 10.1. The Hall–Kier alpha value is -3.58. The van der Waals surface area contributed by atoms with Crippen molar-refractivity contribution in [2.75, 3.05) is 5.32 Å². The van der Waals surface area contributed by atoms with Crippen molar-refractivity contribution in [2.45, 2.75) is 27.3 Å². The van der Waals surface area contributed by atoms with E-state index in [1.165, 1.54) is 0 Å². The Kier molecular flexibility index (Phi) is 5.47. The number of carbonyl (C=O) groups excluding carboxylic acids is 1. The quantitative estimate of drug-likeness (QED) is 0.377. The van der Waals surface area contributed by atoms with Gasteiger partial charge in [0.05, 0.1) is 0 Å². The number of benzene rings is 2. The third-order valence-electron chi connectivity index (χ3n) is 4.72. The fourth-order valence-corrected chi connectivity index (χ4v) is 3.54. The minimum absolute atomic E-state index is 0.0729. The molecule has 140 valence electrons. The molecular formula is C24H23N3O. The minimum atomic E-state index is -0.410. The van der Waals surface area contributed by atoms with Crippen LogP contribution in [0.4, 0.5) is 5.69 Å². The number of rotatable bonds is 5. The van der Waals surface area contributed by atoms with Gasteiger partial charge in [-0.3, -0.25) is 4.79 Å². The lowest BCUT2D eigenvalue weighted by Gasteiger charge is -2.07. The van der Waals surface area contributed by atoms with Crippen LogP contribution in [-0.4, -0.2) is 10.5 Å². The molecule has 0 aliphatic carbocycles. The van der Waals surface area contributed by atoms with Gasteiger partial charge in [-0.2, -0.15) is 5.26 Å². The van der Waals surface area contributed by atoms with Crippen molar-refractivity contribution in [1.82, 2.24) is 4.57 Å². The van der Waals surface area contributed by atoms with Crippen LogP contribution in [0.5, 0.6) is 0 Å². The second-order valence-electron chi connectivity index (χ2n) is 6.92. The number of hydrogen-bond acceptors (Lipinski definition) is 2. The molecule has 4 heteroatoms. The molecule has 0 aliphatic heterocycles. The number of nitriles is 1. The molecule has 28 heavy (non-hydrogen) atoms. The summed E-state index contributed by atoms with van der Waals surface area (Å²) in [6.45, 7) is 10.4. The van der Waals surface area contributed by atoms with Crippen LogP contribution in [0.15, 0.2) is 60.7 Å². The fourth-order valence-electron chi connectivity index (χ4n) is 3.54. The Labute approximate surface area is 165 Å². The average Bonchev–Trinajstić information content (AvgIpc) is 2.91. The molecule has 3 rings (SSSR count). The van der Waals surface area contributed by atoms with E-state index in [1.807, 2.05) is 69.3 Å². The van der Waals surface area contributed by atoms with Crippen LogP contribution in [0.3, 0.4) is 0 Å². The van der Waals surface area contributed by atoms with E-state index < -0.39 is 5.91 Å². The highest BCUT2D eigenvalue weighted by Gasteiger charge is 2.15. The zero-order chi connectivity index (χ0) is 20.3. The van der Waals surface area contributed by atoms with Crippen LogP contribution in [0.25, 0.3) is 17.0 Å². The second-order valence-corrected chi connectivity index (χ2v) is 6.92. The monoisotopic (exact) mass is 369 g/mol. The lowest BCUT2D eigenvalue weighted by Crippen LogP contribution is -2.13. The summed E-state index contributed by atoms with van der Waals surface area (Å²) < 4.78 is 2.13. The molecule has 2 aromatic carbocycles. The van der Waals surface area contributed by atoms with Gasteiger partial charge in [0.25, 0.3) is 5.91 Å². The molecule has 3 aromatic rings. The Morgan fingerprint density at radius 3 is 2.50 bits per heavy atom. The maximum atomic E-state index is 12.7. The number of fused-ring (bicyclic) bond motifs is 1. The van der Waals surface area contributed by atoms with Crippen LogP contribution in [0, 0.1) is 32.1 Å². The number of nitrogens with zero attached hydrogens (tertiary/aromatic N) is 2. The molecule has 0 saturated carbocycles. The lowest BCUT2D eigenvalue weighted by molar-refractivity contribution is -0.112. The number of para-hydroxylation sites is 1. The van der Waals surface area contributed by atoms with Crippen molar-refractivity contribution in [3.63, 3.8) is 0 Å². The first-order valence-corrected chi connectivity index (χ1v) is 9.14. The van der Waals surface area contributed by atoms with E-state index in [1.54, 1.807) is 6.08 Å². The minimum Gasteiger partial charge on any atom is -0.340 e. The first-order chi connectivity index (χ1) is 13.4. The van der Waals surface area contributed by atoms with Crippen molar-refractivity contribution in [2.24, 2.45) is 0 Å². The Balaban J connectivity index is 2.03. The van der Waals surface area contributed by atoms with E-state index in [4.69, 9.17) is 0 Å². The highest BCUT2D eigenvalue weighted by Crippen LogP contribution is 2.28. The predicted molar refractivity (Wildman–Crippen MR) is 115 cm³/mol. The van der Waals surface area contributed by atoms with E-state index in [-0.39, 0.29) is 5.57 Å². The van der Waals surface area contributed by atoms with Gasteiger partial charge in [-0.25, -0.2) is 0 Å². The number of amides is 1. The van der Waals surface area contributed by atoms with Crippen molar-refractivity contribution in [3.8, 4) is 6.07 Å². The zero-order valence-electron chi connectivity index (χ0n) is 16.4. The summed E-state index contributed by atoms with van der Waals surface area (Å²) in [5, 5.41) is 13.5. The van der Waals surface area contributed by atoms with Gasteiger partial charge in [0.1, 0.15) is 11.6 Å². The number of nitrogens with one attached hydrogen (secondary N) is 1. The highest BCUT2D eigenvalue weighted by molar-refractivity contribution is 6.11. The molecule has 0 bridgehead atoms. The molecule has 1 N–H and O–H groups in total. The number of allylic oxidation sites excluding steroid dienone is 1. The zero-order valence-corrected chi connectivity index (χ0v) is 16.4. The normalized spacial score (nSPS) is 11.3. The molecule has 1 heterocycles. The number of aryl methyl sites for hydroxylation is 2. The first-order valence-electron chi connectivity index (χ1n) is 9.14. The maximum Gasteiger partial charge on any atom is 0.266 e. The van der Waals surface area contributed by atoms with Crippen LogP contribution in [0.1, 0.15) is 22.4 Å². The standard InChI is InChI=1S/C24H23N3O/c1-5-10-27-18(4)22(21-8-6-7-9-23(21)27)14-19(15-25)24(28)26-20-12-16(2)11-17(3)13-20/h5-9,11-14H,1,10H2,2-4H3,(H,26,28)/b19-14+. The van der Waals surface area contributed by atoms with E-state index in [0.29, 0.717) is 12.2 Å². The van der Waals surface area contributed by atoms with Crippen LogP contribution in [0.2, 0.25) is 0 Å². The van der Waals surface area contributed by atoms with Crippen molar-refractivity contribution >= 4 is 28.6 Å². The highest BCUT2D eigenvalue weighted by atomic mass is 16.1. The van der Waals surface area contributed by atoms with Crippen LogP contribution in [-0.2, 0) is 11.3 Å². The number of carbonyl (C=O) groups is 1. The van der Waals surface area contributed by atoms with Gasteiger partial charge in [0.2, 0.25) is 0 Å². The van der Waals surface area contributed by atoms with Gasteiger partial charge >= 0.3 is 0 Å². The Morgan fingerprint density at radius 2 is 1.86 bits per heavy atom. The molecule has 1 amide bonds. The van der Waals surface area contributed by atoms with Crippen molar-refractivity contribution in [1.29, 1.82) is 5.26 Å². The summed E-state index contributed by atoms with van der Waals surface area (Å²) in [7, 11) is 0. The van der Waals surface area contributed by atoms with E-state index >= 15 is 0 Å². The second kappa shape index (κ2) is 7.98. The number of hydrogen-bond donors (Lipinski definition) is 1. The van der Waals surface area contributed by atoms with Gasteiger partial charge in [-0.15, -0.1) is 6.58 Å². The van der Waals surface area contributed by atoms with Gasteiger partial charge in [-0.05, 0) is 56.2 Å². The smallest absolute Gasteiger partial charge is 0.266 e. The first kappa shape index (κ1) is 19.2. The predicted octanol–water partition coefficient (Wildman–Crippen LogP) is 5.30. The molecule has 0 radical (unpaired) electrons. The molecule has 4 nitrogen and oxygen atoms in total. The number of anilines is 1. The third kappa shape index (κ3) is 3.74. The average molecular weight is 369 g/mol. The maximum absolute atomic E-state index is 12.7. The Bertz CT molecular complexity index is 1120. The molecule has 0 spiro atoms. The van der Waals surface area contributed by atoms with E-state index in [2.05, 4.69) is 22.5 Å². The summed E-state index contributed by atoms with van der Waals surface area (Å²) in [6.07, 6.45) is 3.51. The SMILES string of the molecule is C=CCn1c(C)c(/C=C(\C#N)C(=O)Nc2cc(C)cc(C)c2)c2ccccc21. The van der Waals surface area contributed by atoms with Crippen LogP contribution < -0.4 is 5.32 Å². The molecule has 0 saturated heterocycles. The Morgan fingerprint density at radius 1 is 1.18 bits per heavy atom. The fraction of sp³-hybridized carbons (Fsp3) is 0.167.